The van der Waals surface area contributed by atoms with E-state index in [0.717, 1.165) is 33.6 Å². The zero-order valence-electron chi connectivity index (χ0n) is 17.8. The number of aromatic carboxylic acids is 1. The number of amides is 2. The molecule has 0 fully saturated rings. The van der Waals surface area contributed by atoms with E-state index in [1.165, 1.54) is 4.90 Å². The Labute approximate surface area is 189 Å². The number of carbonyl (C=O) groups excluding carboxylic acids is 2. The minimum absolute atomic E-state index is 0.0809. The van der Waals surface area contributed by atoms with Gasteiger partial charge in [0.25, 0.3) is 5.91 Å². The first kappa shape index (κ1) is 21.6. The van der Waals surface area contributed by atoms with Crippen molar-refractivity contribution in [2.45, 2.75) is 12.8 Å². The van der Waals surface area contributed by atoms with Crippen LogP contribution in [0.4, 0.5) is 9.80 Å². The highest BCUT2D eigenvalue weighted by Crippen LogP contribution is 2.44. The van der Waals surface area contributed by atoms with Gasteiger partial charge in [-0.2, -0.15) is 0 Å². The predicted molar refractivity (Wildman–Crippen MR) is 123 cm³/mol. The summed E-state index contributed by atoms with van der Waals surface area (Å²) in [5.41, 5.74) is 4.61. The standard InChI is InChI=1S/C24H22N2O5S/c1-13-19(23(28)29)21(32-20(13)22(27)26(2)3)25-24(30)31-12-18-16-10-6-4-8-14(16)15-9-5-7-11-17(15)18/h4-11,18H,12H2,1-3H3,(H,25,30)(H,28,29). The van der Waals surface area contributed by atoms with Gasteiger partial charge in [-0.25, -0.2) is 9.59 Å². The van der Waals surface area contributed by atoms with Crippen LogP contribution in [0.5, 0.6) is 0 Å². The molecule has 0 unspecified atom stereocenters. The van der Waals surface area contributed by atoms with Gasteiger partial charge < -0.3 is 14.7 Å². The highest BCUT2D eigenvalue weighted by Gasteiger charge is 2.30. The maximum Gasteiger partial charge on any atom is 0.412 e. The molecule has 0 saturated carbocycles. The Kier molecular flexibility index (Phi) is 5.71. The molecule has 2 amide bonds. The van der Waals surface area contributed by atoms with E-state index in [9.17, 15) is 19.5 Å². The van der Waals surface area contributed by atoms with Crippen LogP contribution in [-0.2, 0) is 4.74 Å². The molecule has 1 aromatic heterocycles. The normalized spacial score (nSPS) is 12.1. The first-order valence-electron chi connectivity index (χ1n) is 10.00. The maximum atomic E-state index is 12.6. The lowest BCUT2D eigenvalue weighted by Gasteiger charge is -2.14. The van der Waals surface area contributed by atoms with Crippen molar-refractivity contribution in [1.82, 2.24) is 4.90 Å². The van der Waals surface area contributed by atoms with E-state index < -0.39 is 12.1 Å². The Morgan fingerprint density at radius 3 is 2.12 bits per heavy atom. The van der Waals surface area contributed by atoms with E-state index in [1.807, 2.05) is 48.5 Å². The van der Waals surface area contributed by atoms with Crippen LogP contribution in [-0.4, -0.2) is 48.7 Å². The minimum atomic E-state index is -1.22. The van der Waals surface area contributed by atoms with Gasteiger partial charge >= 0.3 is 12.1 Å². The molecule has 164 valence electrons. The molecule has 0 aliphatic heterocycles. The molecule has 3 aromatic rings. The maximum absolute atomic E-state index is 12.6. The molecule has 4 rings (SSSR count). The second-order valence-electron chi connectivity index (χ2n) is 7.72. The Bertz CT molecular complexity index is 1190. The first-order chi connectivity index (χ1) is 15.3. The number of carboxylic acid groups (broad SMARTS) is 1. The zero-order chi connectivity index (χ0) is 23.0. The van der Waals surface area contributed by atoms with Crippen molar-refractivity contribution in [3.05, 3.63) is 75.7 Å². The van der Waals surface area contributed by atoms with Gasteiger partial charge in [-0.1, -0.05) is 48.5 Å². The lowest BCUT2D eigenvalue weighted by molar-refractivity contribution is 0.0697. The number of thiophene rings is 1. The third-order valence-corrected chi connectivity index (χ3v) is 6.72. The van der Waals surface area contributed by atoms with Crippen molar-refractivity contribution in [1.29, 1.82) is 0 Å². The van der Waals surface area contributed by atoms with Crippen LogP contribution >= 0.6 is 11.3 Å². The van der Waals surface area contributed by atoms with E-state index >= 15 is 0 Å². The fourth-order valence-corrected chi connectivity index (χ4v) is 5.20. The van der Waals surface area contributed by atoms with Crippen LogP contribution < -0.4 is 5.32 Å². The number of hydrogen-bond donors (Lipinski definition) is 2. The number of anilines is 1. The molecule has 0 saturated heterocycles. The van der Waals surface area contributed by atoms with Gasteiger partial charge in [0.2, 0.25) is 0 Å². The number of carbonyl (C=O) groups is 3. The molecule has 0 spiro atoms. The third kappa shape index (κ3) is 3.73. The Morgan fingerprint density at radius 2 is 1.59 bits per heavy atom. The summed E-state index contributed by atoms with van der Waals surface area (Å²) in [5.74, 6) is -1.65. The Hall–Kier alpha value is -3.65. The molecule has 2 aromatic carbocycles. The average molecular weight is 451 g/mol. The van der Waals surface area contributed by atoms with Gasteiger partial charge in [0.15, 0.2) is 0 Å². The number of hydrogen-bond acceptors (Lipinski definition) is 5. The highest BCUT2D eigenvalue weighted by atomic mass is 32.1. The minimum Gasteiger partial charge on any atom is -0.478 e. The van der Waals surface area contributed by atoms with Crippen molar-refractivity contribution >= 4 is 34.3 Å². The number of carboxylic acids is 1. The molecule has 0 atom stereocenters. The van der Waals surface area contributed by atoms with Crippen molar-refractivity contribution in [2.75, 3.05) is 26.0 Å². The largest absolute Gasteiger partial charge is 0.478 e. The molecule has 8 heteroatoms. The topological polar surface area (TPSA) is 95.9 Å². The van der Waals surface area contributed by atoms with Crippen molar-refractivity contribution in [3.63, 3.8) is 0 Å². The molecule has 32 heavy (non-hydrogen) atoms. The van der Waals surface area contributed by atoms with E-state index in [-0.39, 0.29) is 33.9 Å². The molecular weight excluding hydrogens is 428 g/mol. The summed E-state index contributed by atoms with van der Waals surface area (Å²) in [5, 5.41) is 12.2. The van der Waals surface area contributed by atoms with Crippen LogP contribution in [0.2, 0.25) is 0 Å². The summed E-state index contributed by atoms with van der Waals surface area (Å²) < 4.78 is 5.50. The smallest absolute Gasteiger partial charge is 0.412 e. The number of benzene rings is 2. The number of nitrogens with one attached hydrogen (secondary N) is 1. The lowest BCUT2D eigenvalue weighted by atomic mass is 9.98. The summed E-state index contributed by atoms with van der Waals surface area (Å²) in [6, 6.07) is 16.0. The summed E-state index contributed by atoms with van der Waals surface area (Å²) in [6.45, 7) is 1.66. The lowest BCUT2D eigenvalue weighted by Crippen LogP contribution is -2.21. The van der Waals surface area contributed by atoms with Crippen LogP contribution in [0.15, 0.2) is 48.5 Å². The summed E-state index contributed by atoms with van der Waals surface area (Å²) in [6.07, 6.45) is -0.764. The van der Waals surface area contributed by atoms with Gasteiger partial charge in [-0.15, -0.1) is 11.3 Å². The van der Waals surface area contributed by atoms with Crippen LogP contribution in [0.1, 0.15) is 42.6 Å². The van der Waals surface area contributed by atoms with Crippen LogP contribution in [0.25, 0.3) is 11.1 Å². The fraction of sp³-hybridized carbons (Fsp3) is 0.208. The number of ether oxygens (including phenoxy) is 1. The third-order valence-electron chi connectivity index (χ3n) is 5.52. The quantitative estimate of drug-likeness (QED) is 0.581. The highest BCUT2D eigenvalue weighted by molar-refractivity contribution is 7.18. The average Bonchev–Trinajstić information content (AvgIpc) is 3.26. The predicted octanol–water partition coefficient (Wildman–Crippen LogP) is 4.82. The van der Waals surface area contributed by atoms with Crippen LogP contribution in [0.3, 0.4) is 0 Å². The van der Waals surface area contributed by atoms with Crippen LogP contribution in [0, 0.1) is 6.92 Å². The monoisotopic (exact) mass is 450 g/mol. The molecule has 2 N–H and O–H groups in total. The molecule has 1 aliphatic carbocycles. The summed E-state index contributed by atoms with van der Waals surface area (Å²) >= 11 is 0.930. The second kappa shape index (κ2) is 8.47. The van der Waals surface area contributed by atoms with Crippen molar-refractivity contribution < 1.29 is 24.2 Å². The van der Waals surface area contributed by atoms with Gasteiger partial charge in [-0.3, -0.25) is 10.1 Å². The van der Waals surface area contributed by atoms with E-state index in [4.69, 9.17) is 4.74 Å². The Balaban J connectivity index is 1.54. The first-order valence-corrected chi connectivity index (χ1v) is 10.8. The molecule has 1 heterocycles. The molecular formula is C24H22N2O5S. The SMILES string of the molecule is Cc1c(C(=O)N(C)C)sc(NC(=O)OCC2c3ccccc3-c3ccccc32)c1C(=O)O. The number of rotatable bonds is 5. The van der Waals surface area contributed by atoms with Crippen molar-refractivity contribution in [2.24, 2.45) is 0 Å². The van der Waals surface area contributed by atoms with E-state index in [2.05, 4.69) is 5.32 Å². The van der Waals surface area contributed by atoms with Gasteiger partial charge in [0.05, 0.1) is 10.4 Å². The summed E-state index contributed by atoms with van der Waals surface area (Å²) in [7, 11) is 3.17. The van der Waals surface area contributed by atoms with Gasteiger partial charge in [0.1, 0.15) is 11.6 Å². The van der Waals surface area contributed by atoms with E-state index in [1.54, 1.807) is 21.0 Å². The molecule has 1 aliphatic rings. The number of nitrogens with zero attached hydrogens (tertiary/aromatic N) is 1. The Morgan fingerprint density at radius 1 is 1.03 bits per heavy atom. The van der Waals surface area contributed by atoms with Gasteiger partial charge in [0, 0.05) is 20.0 Å². The second-order valence-corrected chi connectivity index (χ2v) is 8.74. The van der Waals surface area contributed by atoms with E-state index in [0.29, 0.717) is 5.56 Å². The van der Waals surface area contributed by atoms with Crippen molar-refractivity contribution in [3.8, 4) is 11.1 Å². The molecule has 0 bridgehead atoms. The summed E-state index contributed by atoms with van der Waals surface area (Å²) in [4.78, 5) is 38.3. The molecule has 0 radical (unpaired) electrons. The van der Waals surface area contributed by atoms with Gasteiger partial charge in [-0.05, 0) is 34.7 Å². The fourth-order valence-electron chi connectivity index (χ4n) is 3.99. The molecule has 7 nitrogen and oxygen atoms in total. The number of fused-ring (bicyclic) bond motifs is 3. The zero-order valence-corrected chi connectivity index (χ0v) is 18.7.